The van der Waals surface area contributed by atoms with E-state index in [9.17, 15) is 9.59 Å². The van der Waals surface area contributed by atoms with Crippen molar-refractivity contribution < 1.29 is 19.8 Å². The lowest BCUT2D eigenvalue weighted by Gasteiger charge is -2.33. The van der Waals surface area contributed by atoms with E-state index >= 15 is 0 Å². The van der Waals surface area contributed by atoms with Gasteiger partial charge in [-0.05, 0) is 12.8 Å². The van der Waals surface area contributed by atoms with Crippen LogP contribution in [0.25, 0.3) is 0 Å². The first kappa shape index (κ1) is 10.9. The highest BCUT2D eigenvalue weighted by Crippen LogP contribution is 2.27. The highest BCUT2D eigenvalue weighted by molar-refractivity contribution is 5.74. The average molecular weight is 202 g/mol. The highest BCUT2D eigenvalue weighted by atomic mass is 16.4. The van der Waals surface area contributed by atoms with Gasteiger partial charge < -0.3 is 21.7 Å². The monoisotopic (exact) mass is 202 g/mol. The molecule has 4 unspecified atom stereocenters. The molecule has 0 aromatic heterocycles. The molecule has 0 amide bonds. The third kappa shape index (κ3) is 2.02. The minimum atomic E-state index is -1.00. The maximum atomic E-state index is 10.7. The Labute approximate surface area is 80.9 Å². The molecule has 1 aliphatic rings. The number of carboxylic acids is 2. The summed E-state index contributed by atoms with van der Waals surface area (Å²) in [5.41, 5.74) is 11.1. The maximum absolute atomic E-state index is 10.7. The summed E-state index contributed by atoms with van der Waals surface area (Å²) in [5.74, 6) is -3.45. The second-order valence-electron chi connectivity index (χ2n) is 3.69. The summed E-state index contributed by atoms with van der Waals surface area (Å²) in [5, 5.41) is 17.5. The predicted octanol–water partition coefficient (Wildman–Crippen LogP) is -1.16. The summed E-state index contributed by atoms with van der Waals surface area (Å²) in [6, 6.07) is -1.23. The first-order valence-electron chi connectivity index (χ1n) is 4.40. The molecule has 6 N–H and O–H groups in total. The lowest BCUT2D eigenvalue weighted by Crippen LogP contribution is -2.51. The molecular formula is C8H14N2O4. The molecule has 1 rings (SSSR count). The molecule has 4 atom stereocenters. The Morgan fingerprint density at radius 3 is 1.43 bits per heavy atom. The molecule has 6 heteroatoms. The van der Waals surface area contributed by atoms with Crippen LogP contribution in [-0.4, -0.2) is 34.2 Å². The maximum Gasteiger partial charge on any atom is 0.308 e. The van der Waals surface area contributed by atoms with E-state index < -0.39 is 35.9 Å². The predicted molar refractivity (Wildman–Crippen MR) is 47.4 cm³/mol. The molecule has 0 radical (unpaired) electrons. The first-order chi connectivity index (χ1) is 6.43. The van der Waals surface area contributed by atoms with Crippen molar-refractivity contribution in [2.75, 3.05) is 0 Å². The van der Waals surface area contributed by atoms with Gasteiger partial charge in [0.25, 0.3) is 0 Å². The Balaban J connectivity index is 2.71. The van der Waals surface area contributed by atoms with Crippen LogP contribution in [-0.2, 0) is 9.59 Å². The van der Waals surface area contributed by atoms with Crippen LogP contribution >= 0.6 is 0 Å². The third-order valence-electron chi connectivity index (χ3n) is 2.72. The lowest BCUT2D eigenvalue weighted by atomic mass is 9.75. The number of nitrogens with two attached hydrogens (primary N) is 2. The van der Waals surface area contributed by atoms with Crippen LogP contribution in [0.2, 0.25) is 0 Å². The van der Waals surface area contributed by atoms with Gasteiger partial charge in [0.1, 0.15) is 0 Å². The van der Waals surface area contributed by atoms with Crippen LogP contribution in [0.4, 0.5) is 0 Å². The van der Waals surface area contributed by atoms with Gasteiger partial charge in [-0.1, -0.05) is 0 Å². The Morgan fingerprint density at radius 1 is 0.929 bits per heavy atom. The molecule has 0 heterocycles. The van der Waals surface area contributed by atoms with Gasteiger partial charge in [-0.15, -0.1) is 0 Å². The normalized spacial score (nSPS) is 37.9. The van der Waals surface area contributed by atoms with Gasteiger partial charge in [-0.25, -0.2) is 0 Å². The quantitative estimate of drug-likeness (QED) is 0.447. The standard InChI is InChI=1S/C8H14N2O4/c9-5-1-3(7(11)12)6(10)2-4(5)8(13)14/h3-6H,1-2,9-10H2,(H,11,12)(H,13,14). The van der Waals surface area contributed by atoms with Crippen LogP contribution in [0.5, 0.6) is 0 Å². The Morgan fingerprint density at radius 2 is 1.21 bits per heavy atom. The molecule has 0 aromatic carbocycles. The van der Waals surface area contributed by atoms with E-state index in [1.54, 1.807) is 0 Å². The summed E-state index contributed by atoms with van der Waals surface area (Å²) in [4.78, 5) is 21.4. The fraction of sp³-hybridized carbons (Fsp3) is 0.750. The van der Waals surface area contributed by atoms with Crippen molar-refractivity contribution in [1.82, 2.24) is 0 Å². The minimum Gasteiger partial charge on any atom is -0.481 e. The van der Waals surface area contributed by atoms with Crippen LogP contribution in [0.1, 0.15) is 12.8 Å². The number of carbonyl (C=O) groups is 2. The molecule has 1 aliphatic carbocycles. The van der Waals surface area contributed by atoms with Crippen molar-refractivity contribution >= 4 is 11.9 Å². The summed E-state index contributed by atoms with van der Waals surface area (Å²) in [6.45, 7) is 0. The number of rotatable bonds is 2. The molecular weight excluding hydrogens is 188 g/mol. The van der Waals surface area contributed by atoms with Crippen molar-refractivity contribution in [2.24, 2.45) is 23.3 Å². The molecule has 0 spiro atoms. The fourth-order valence-electron chi connectivity index (χ4n) is 1.83. The number of aliphatic carboxylic acids is 2. The van der Waals surface area contributed by atoms with E-state index in [-0.39, 0.29) is 12.8 Å². The zero-order chi connectivity index (χ0) is 10.9. The molecule has 0 aromatic rings. The second-order valence-corrected chi connectivity index (χ2v) is 3.69. The van der Waals surface area contributed by atoms with Crippen molar-refractivity contribution in [3.05, 3.63) is 0 Å². The van der Waals surface area contributed by atoms with E-state index in [0.717, 1.165) is 0 Å². The SMILES string of the molecule is NC1CC(C(=O)O)C(N)CC1C(=O)O. The van der Waals surface area contributed by atoms with Gasteiger partial charge in [-0.2, -0.15) is 0 Å². The van der Waals surface area contributed by atoms with E-state index in [0.29, 0.717) is 0 Å². The van der Waals surface area contributed by atoms with Crippen LogP contribution in [0.3, 0.4) is 0 Å². The number of hydrogen-bond donors (Lipinski definition) is 4. The Bertz CT molecular complexity index is 230. The zero-order valence-corrected chi connectivity index (χ0v) is 7.59. The van der Waals surface area contributed by atoms with E-state index in [4.69, 9.17) is 21.7 Å². The van der Waals surface area contributed by atoms with E-state index in [1.165, 1.54) is 0 Å². The van der Waals surface area contributed by atoms with Gasteiger partial charge in [0.05, 0.1) is 11.8 Å². The van der Waals surface area contributed by atoms with Crippen LogP contribution < -0.4 is 11.5 Å². The zero-order valence-electron chi connectivity index (χ0n) is 7.59. The topological polar surface area (TPSA) is 127 Å². The first-order valence-corrected chi connectivity index (χ1v) is 4.40. The third-order valence-corrected chi connectivity index (χ3v) is 2.72. The molecule has 0 bridgehead atoms. The van der Waals surface area contributed by atoms with Gasteiger partial charge in [0, 0.05) is 12.1 Å². The summed E-state index contributed by atoms with van der Waals surface area (Å²) < 4.78 is 0. The van der Waals surface area contributed by atoms with Gasteiger partial charge in [0.15, 0.2) is 0 Å². The summed E-state index contributed by atoms with van der Waals surface area (Å²) in [7, 11) is 0. The fourth-order valence-corrected chi connectivity index (χ4v) is 1.83. The van der Waals surface area contributed by atoms with Crippen molar-refractivity contribution in [3.8, 4) is 0 Å². The highest BCUT2D eigenvalue weighted by Gasteiger charge is 2.40. The van der Waals surface area contributed by atoms with Crippen molar-refractivity contribution in [2.45, 2.75) is 24.9 Å². The summed E-state index contributed by atoms with van der Waals surface area (Å²) >= 11 is 0. The molecule has 6 nitrogen and oxygen atoms in total. The number of carboxylic acid groups (broad SMARTS) is 2. The minimum absolute atomic E-state index is 0.132. The van der Waals surface area contributed by atoms with Crippen LogP contribution in [0, 0.1) is 11.8 Å². The van der Waals surface area contributed by atoms with Crippen molar-refractivity contribution in [1.29, 1.82) is 0 Å². The average Bonchev–Trinajstić information content (AvgIpc) is 2.07. The van der Waals surface area contributed by atoms with Crippen LogP contribution in [0.15, 0.2) is 0 Å². The molecule has 1 fully saturated rings. The molecule has 0 aliphatic heterocycles. The summed E-state index contributed by atoms with van der Waals surface area (Å²) in [6.07, 6.45) is 0.265. The molecule has 80 valence electrons. The molecule has 0 saturated heterocycles. The van der Waals surface area contributed by atoms with Gasteiger partial charge in [-0.3, -0.25) is 9.59 Å². The Kier molecular flexibility index (Phi) is 3.07. The van der Waals surface area contributed by atoms with Gasteiger partial charge >= 0.3 is 11.9 Å². The number of hydrogen-bond acceptors (Lipinski definition) is 4. The van der Waals surface area contributed by atoms with Gasteiger partial charge in [0.2, 0.25) is 0 Å². The van der Waals surface area contributed by atoms with E-state index in [1.807, 2.05) is 0 Å². The second kappa shape index (κ2) is 3.93. The molecule has 1 saturated carbocycles. The van der Waals surface area contributed by atoms with E-state index in [2.05, 4.69) is 0 Å². The smallest absolute Gasteiger partial charge is 0.308 e. The van der Waals surface area contributed by atoms with Crippen molar-refractivity contribution in [3.63, 3.8) is 0 Å². The Hall–Kier alpha value is -1.14. The lowest BCUT2D eigenvalue weighted by molar-refractivity contribution is -0.149. The largest absolute Gasteiger partial charge is 0.481 e. The molecule has 14 heavy (non-hydrogen) atoms.